The third-order valence-electron chi connectivity index (χ3n) is 2.50. The molecule has 5 nitrogen and oxygen atoms in total. The first-order chi connectivity index (χ1) is 9.51. The van der Waals surface area contributed by atoms with Gasteiger partial charge < -0.3 is 15.8 Å². The number of pyridine rings is 1. The summed E-state index contributed by atoms with van der Waals surface area (Å²) in [6.07, 6.45) is 1.36. The number of hydrogen-bond acceptors (Lipinski definition) is 5. The van der Waals surface area contributed by atoms with Crippen LogP contribution in [0.4, 0.5) is 21.6 Å². The number of anilines is 3. The predicted octanol–water partition coefficient (Wildman–Crippen LogP) is 2.99. The van der Waals surface area contributed by atoms with Crippen molar-refractivity contribution < 1.29 is 13.9 Å². The van der Waals surface area contributed by atoms with Gasteiger partial charge in [0.2, 0.25) is 0 Å². The normalized spacial score (nSPS) is 10.2. The Bertz CT molecular complexity index is 664. The maximum absolute atomic E-state index is 13.2. The number of esters is 1. The van der Waals surface area contributed by atoms with Crippen LogP contribution in [-0.4, -0.2) is 18.1 Å². The van der Waals surface area contributed by atoms with Crippen molar-refractivity contribution in [2.24, 2.45) is 0 Å². The first-order valence-corrected chi connectivity index (χ1v) is 5.95. The van der Waals surface area contributed by atoms with Crippen LogP contribution in [0.3, 0.4) is 0 Å². The van der Waals surface area contributed by atoms with Crippen molar-refractivity contribution in [2.45, 2.75) is 0 Å². The zero-order valence-electron chi connectivity index (χ0n) is 10.5. The van der Waals surface area contributed by atoms with Gasteiger partial charge in [0.05, 0.1) is 29.7 Å². The van der Waals surface area contributed by atoms with Crippen LogP contribution in [0.25, 0.3) is 0 Å². The molecule has 0 bridgehead atoms. The van der Waals surface area contributed by atoms with Crippen LogP contribution in [-0.2, 0) is 4.74 Å². The molecule has 0 fully saturated rings. The van der Waals surface area contributed by atoms with E-state index in [4.69, 9.17) is 17.3 Å². The highest BCUT2D eigenvalue weighted by molar-refractivity contribution is 6.33. The largest absolute Gasteiger partial charge is 0.465 e. The second kappa shape index (κ2) is 5.75. The van der Waals surface area contributed by atoms with Crippen LogP contribution >= 0.6 is 11.6 Å². The number of carbonyl (C=O) groups excluding carboxylic acids is 1. The highest BCUT2D eigenvalue weighted by Crippen LogP contribution is 2.27. The van der Waals surface area contributed by atoms with Gasteiger partial charge in [-0.2, -0.15) is 0 Å². The number of nitrogens with one attached hydrogen (secondary N) is 1. The van der Waals surface area contributed by atoms with Crippen LogP contribution in [0.5, 0.6) is 0 Å². The lowest BCUT2D eigenvalue weighted by Gasteiger charge is -2.11. The Morgan fingerprint density at radius 3 is 2.90 bits per heavy atom. The van der Waals surface area contributed by atoms with Crippen molar-refractivity contribution >= 4 is 34.8 Å². The van der Waals surface area contributed by atoms with Gasteiger partial charge in [0.15, 0.2) is 0 Å². The Kier molecular flexibility index (Phi) is 4.05. The molecule has 0 aliphatic heterocycles. The Balaban J connectivity index is 2.43. The number of aromatic nitrogens is 1. The van der Waals surface area contributed by atoms with E-state index in [9.17, 15) is 9.18 Å². The van der Waals surface area contributed by atoms with E-state index in [1.54, 1.807) is 0 Å². The molecular weight excluding hydrogens is 285 g/mol. The number of halogens is 2. The number of hydrogen-bond donors (Lipinski definition) is 2. The molecule has 104 valence electrons. The quantitative estimate of drug-likeness (QED) is 0.851. The summed E-state index contributed by atoms with van der Waals surface area (Å²) in [5.74, 6) is -0.898. The third-order valence-corrected chi connectivity index (χ3v) is 2.83. The minimum absolute atomic E-state index is 0.132. The molecule has 0 spiro atoms. The number of ether oxygens (including phenoxy) is 1. The molecule has 2 aromatic rings. The molecule has 1 heterocycles. The van der Waals surface area contributed by atoms with Gasteiger partial charge in [0, 0.05) is 0 Å². The van der Waals surface area contributed by atoms with E-state index in [0.29, 0.717) is 10.7 Å². The Morgan fingerprint density at radius 2 is 2.20 bits per heavy atom. The summed E-state index contributed by atoms with van der Waals surface area (Å²) in [6.45, 7) is 0. The molecule has 1 aromatic heterocycles. The van der Waals surface area contributed by atoms with Crippen molar-refractivity contribution in [3.63, 3.8) is 0 Å². The van der Waals surface area contributed by atoms with Crippen LogP contribution in [0.1, 0.15) is 10.4 Å². The topological polar surface area (TPSA) is 77.2 Å². The van der Waals surface area contributed by atoms with Gasteiger partial charge >= 0.3 is 5.97 Å². The van der Waals surface area contributed by atoms with Crippen LogP contribution < -0.4 is 11.1 Å². The molecule has 0 saturated heterocycles. The summed E-state index contributed by atoms with van der Waals surface area (Å²) in [6, 6.07) is 5.23. The number of nitrogens with two attached hydrogens (primary N) is 1. The zero-order chi connectivity index (χ0) is 14.7. The van der Waals surface area contributed by atoms with Crippen molar-refractivity contribution in [1.82, 2.24) is 4.98 Å². The second-order valence-electron chi connectivity index (χ2n) is 3.91. The van der Waals surface area contributed by atoms with Crippen LogP contribution in [0, 0.1) is 5.82 Å². The molecule has 20 heavy (non-hydrogen) atoms. The van der Waals surface area contributed by atoms with Crippen LogP contribution in [0.15, 0.2) is 30.5 Å². The van der Waals surface area contributed by atoms with E-state index in [-0.39, 0.29) is 17.1 Å². The van der Waals surface area contributed by atoms with Gasteiger partial charge in [-0.1, -0.05) is 11.6 Å². The predicted molar refractivity (Wildman–Crippen MR) is 74.7 cm³/mol. The summed E-state index contributed by atoms with van der Waals surface area (Å²) >= 11 is 5.95. The molecule has 0 aliphatic carbocycles. The number of carbonyl (C=O) groups is 1. The van der Waals surface area contributed by atoms with Crippen molar-refractivity contribution in [1.29, 1.82) is 0 Å². The molecule has 7 heteroatoms. The SMILES string of the molecule is COC(=O)c1cc(N)cnc1Nc1cc(F)ccc1Cl. The zero-order valence-corrected chi connectivity index (χ0v) is 11.2. The summed E-state index contributed by atoms with van der Waals surface area (Å²) in [5, 5.41) is 3.08. The fraction of sp³-hybridized carbons (Fsp3) is 0.0769. The number of methoxy groups -OCH3 is 1. The molecule has 0 aliphatic rings. The first kappa shape index (κ1) is 14.1. The molecule has 0 unspecified atom stereocenters. The maximum atomic E-state index is 13.2. The van der Waals surface area contributed by atoms with Gasteiger partial charge in [0.25, 0.3) is 0 Å². The standard InChI is InChI=1S/C13H11ClFN3O2/c1-20-13(19)9-5-8(16)6-17-12(9)18-11-4-7(15)2-3-10(11)14/h2-6H,16H2,1H3,(H,17,18). The van der Waals surface area contributed by atoms with E-state index < -0.39 is 11.8 Å². The molecule has 0 saturated carbocycles. The van der Waals surface area contributed by atoms with Gasteiger partial charge in [-0.3, -0.25) is 0 Å². The molecule has 0 amide bonds. The molecule has 0 atom stereocenters. The van der Waals surface area contributed by atoms with Crippen molar-refractivity contribution in [3.8, 4) is 0 Å². The number of benzene rings is 1. The number of rotatable bonds is 3. The highest BCUT2D eigenvalue weighted by atomic mass is 35.5. The molecule has 0 radical (unpaired) electrons. The van der Waals surface area contributed by atoms with Crippen LogP contribution in [0.2, 0.25) is 5.02 Å². The summed E-state index contributed by atoms with van der Waals surface area (Å²) in [7, 11) is 1.24. The van der Waals surface area contributed by atoms with E-state index >= 15 is 0 Å². The Morgan fingerprint density at radius 1 is 1.45 bits per heavy atom. The Hall–Kier alpha value is -2.34. The van der Waals surface area contributed by atoms with E-state index in [1.165, 1.54) is 37.6 Å². The number of nitrogen functional groups attached to an aromatic ring is 1. The smallest absolute Gasteiger partial charge is 0.341 e. The second-order valence-corrected chi connectivity index (χ2v) is 4.31. The highest BCUT2D eigenvalue weighted by Gasteiger charge is 2.15. The fourth-order valence-electron chi connectivity index (χ4n) is 1.57. The van der Waals surface area contributed by atoms with Gasteiger partial charge in [-0.05, 0) is 24.3 Å². The van der Waals surface area contributed by atoms with Gasteiger partial charge in [-0.25, -0.2) is 14.2 Å². The van der Waals surface area contributed by atoms with E-state index in [1.807, 2.05) is 0 Å². The third kappa shape index (κ3) is 2.97. The van der Waals surface area contributed by atoms with E-state index in [2.05, 4.69) is 15.0 Å². The van der Waals surface area contributed by atoms with Gasteiger partial charge in [0.1, 0.15) is 17.2 Å². The minimum atomic E-state index is -0.611. The Labute approximate surface area is 119 Å². The average Bonchev–Trinajstić information content (AvgIpc) is 2.43. The summed E-state index contributed by atoms with van der Waals surface area (Å²) in [5.41, 5.74) is 6.31. The molecular formula is C13H11ClFN3O2. The fourth-order valence-corrected chi connectivity index (χ4v) is 1.73. The van der Waals surface area contributed by atoms with Crippen molar-refractivity contribution in [3.05, 3.63) is 46.9 Å². The lowest BCUT2D eigenvalue weighted by molar-refractivity contribution is 0.0601. The molecule has 3 N–H and O–H groups in total. The first-order valence-electron chi connectivity index (χ1n) is 5.57. The lowest BCUT2D eigenvalue weighted by Crippen LogP contribution is -2.08. The lowest BCUT2D eigenvalue weighted by atomic mass is 10.2. The minimum Gasteiger partial charge on any atom is -0.465 e. The molecule has 2 rings (SSSR count). The average molecular weight is 296 g/mol. The molecule has 1 aromatic carbocycles. The maximum Gasteiger partial charge on any atom is 0.341 e. The monoisotopic (exact) mass is 295 g/mol. The number of nitrogens with zero attached hydrogens (tertiary/aromatic N) is 1. The summed E-state index contributed by atoms with van der Waals surface area (Å²) in [4.78, 5) is 15.7. The van der Waals surface area contributed by atoms with E-state index in [0.717, 1.165) is 0 Å². The van der Waals surface area contributed by atoms with Gasteiger partial charge in [-0.15, -0.1) is 0 Å². The van der Waals surface area contributed by atoms with Crippen molar-refractivity contribution in [2.75, 3.05) is 18.2 Å². The summed E-state index contributed by atoms with van der Waals surface area (Å²) < 4.78 is 17.9.